The molecule has 0 atom stereocenters. The molecule has 0 saturated carbocycles. The lowest BCUT2D eigenvalue weighted by atomic mass is 10.1. The van der Waals surface area contributed by atoms with E-state index in [4.69, 9.17) is 0 Å². The van der Waals surface area contributed by atoms with Crippen molar-refractivity contribution < 1.29 is 4.39 Å². The number of guanidine groups is 1. The molecule has 0 amide bonds. The van der Waals surface area contributed by atoms with Crippen molar-refractivity contribution in [1.82, 2.24) is 20.6 Å². The molecular formula is C18H24FIN6S. The molecule has 146 valence electrons. The summed E-state index contributed by atoms with van der Waals surface area (Å²) in [6, 6.07) is 4.82. The highest BCUT2D eigenvalue weighted by molar-refractivity contribution is 14.0. The van der Waals surface area contributed by atoms with E-state index in [0.717, 1.165) is 46.2 Å². The summed E-state index contributed by atoms with van der Waals surface area (Å²) in [7, 11) is 5.71. The number of nitrogens with zero attached hydrogens (tertiary/aromatic N) is 3. The fraction of sp³-hybridized carbons (Fsp3) is 0.333. The van der Waals surface area contributed by atoms with Crippen molar-refractivity contribution in [2.24, 2.45) is 4.99 Å². The largest absolute Gasteiger partial charge is 0.361 e. The number of thiazole rings is 1. The van der Waals surface area contributed by atoms with E-state index in [9.17, 15) is 4.39 Å². The second-order valence-corrected chi connectivity index (χ2v) is 6.96. The van der Waals surface area contributed by atoms with E-state index >= 15 is 0 Å². The molecule has 0 unspecified atom stereocenters. The van der Waals surface area contributed by atoms with E-state index in [1.54, 1.807) is 18.4 Å². The van der Waals surface area contributed by atoms with E-state index in [-0.39, 0.29) is 29.8 Å². The number of fused-ring (bicyclic) bond motifs is 1. The van der Waals surface area contributed by atoms with E-state index in [0.29, 0.717) is 6.54 Å². The van der Waals surface area contributed by atoms with Gasteiger partial charge in [0.15, 0.2) is 11.1 Å². The number of anilines is 1. The summed E-state index contributed by atoms with van der Waals surface area (Å²) in [4.78, 5) is 13.9. The highest BCUT2D eigenvalue weighted by Crippen LogP contribution is 2.19. The molecule has 9 heteroatoms. The van der Waals surface area contributed by atoms with Gasteiger partial charge in [0.05, 0.1) is 12.2 Å². The Hall–Kier alpha value is -1.88. The summed E-state index contributed by atoms with van der Waals surface area (Å²) in [6.45, 7) is 1.35. The molecule has 27 heavy (non-hydrogen) atoms. The number of benzene rings is 1. The first-order valence-corrected chi connectivity index (χ1v) is 9.26. The Morgan fingerprint density at radius 2 is 2.15 bits per heavy atom. The molecule has 3 rings (SSSR count). The third kappa shape index (κ3) is 5.55. The van der Waals surface area contributed by atoms with Crippen molar-refractivity contribution in [3.05, 3.63) is 46.9 Å². The molecule has 0 bridgehead atoms. The smallest absolute Gasteiger partial charge is 0.191 e. The molecule has 0 aliphatic rings. The lowest BCUT2D eigenvalue weighted by Gasteiger charge is -2.11. The Morgan fingerprint density at radius 1 is 1.33 bits per heavy atom. The van der Waals surface area contributed by atoms with Crippen LogP contribution in [0.5, 0.6) is 0 Å². The number of hydrogen-bond donors (Lipinski definition) is 3. The van der Waals surface area contributed by atoms with Crippen LogP contribution in [0.15, 0.2) is 34.8 Å². The summed E-state index contributed by atoms with van der Waals surface area (Å²) in [5, 5.41) is 10.6. The zero-order valence-corrected chi connectivity index (χ0v) is 18.7. The fourth-order valence-electron chi connectivity index (χ4n) is 2.66. The van der Waals surface area contributed by atoms with Crippen LogP contribution in [-0.2, 0) is 13.0 Å². The molecule has 0 saturated heterocycles. The van der Waals surface area contributed by atoms with Gasteiger partial charge in [0, 0.05) is 50.2 Å². The minimum Gasteiger partial charge on any atom is -0.361 e. The Bertz CT molecular complexity index is 904. The van der Waals surface area contributed by atoms with Crippen LogP contribution in [0, 0.1) is 5.82 Å². The number of H-pyrrole nitrogens is 1. The van der Waals surface area contributed by atoms with Gasteiger partial charge in [-0.2, -0.15) is 0 Å². The molecule has 0 fully saturated rings. The van der Waals surface area contributed by atoms with Gasteiger partial charge in [0.1, 0.15) is 5.82 Å². The topological polar surface area (TPSA) is 68.3 Å². The summed E-state index contributed by atoms with van der Waals surface area (Å²) >= 11 is 1.62. The standard InChI is InChI=1S/C18H23FN6S.HI/c1-20-17(23-10-14-11-26-18(24-14)25(2)3)21-7-6-12-9-22-16-8-13(19)4-5-15(12)16;/h4-5,8-9,11,22H,6-7,10H2,1-3H3,(H2,20,21,23);1H. The fourth-order valence-corrected chi connectivity index (χ4v) is 3.42. The van der Waals surface area contributed by atoms with Gasteiger partial charge in [-0.3, -0.25) is 4.99 Å². The van der Waals surface area contributed by atoms with Crippen LogP contribution >= 0.6 is 35.3 Å². The molecule has 0 aliphatic heterocycles. The first-order chi connectivity index (χ1) is 12.6. The number of halogens is 2. The zero-order chi connectivity index (χ0) is 18.5. The summed E-state index contributed by atoms with van der Waals surface area (Å²) in [5.74, 6) is 0.503. The minimum absolute atomic E-state index is 0. The Labute approximate surface area is 179 Å². The molecule has 0 radical (unpaired) electrons. The van der Waals surface area contributed by atoms with Crippen molar-refractivity contribution in [2.45, 2.75) is 13.0 Å². The van der Waals surface area contributed by atoms with Crippen LogP contribution in [0.2, 0.25) is 0 Å². The van der Waals surface area contributed by atoms with Crippen LogP contribution in [0.1, 0.15) is 11.3 Å². The normalized spacial score (nSPS) is 11.3. The van der Waals surface area contributed by atoms with Gasteiger partial charge >= 0.3 is 0 Å². The monoisotopic (exact) mass is 502 g/mol. The predicted octanol–water partition coefficient (Wildman–Crippen LogP) is 3.36. The number of rotatable bonds is 6. The molecule has 2 aromatic heterocycles. The van der Waals surface area contributed by atoms with Crippen molar-refractivity contribution in [3.63, 3.8) is 0 Å². The number of nitrogens with one attached hydrogen (secondary N) is 3. The van der Waals surface area contributed by atoms with Crippen molar-refractivity contribution in [2.75, 3.05) is 32.6 Å². The Morgan fingerprint density at radius 3 is 2.85 bits per heavy atom. The highest BCUT2D eigenvalue weighted by atomic mass is 127. The second kappa shape index (κ2) is 9.88. The third-order valence-electron chi connectivity index (χ3n) is 4.00. The maximum atomic E-state index is 13.3. The van der Waals surface area contributed by atoms with Gasteiger partial charge in [0.25, 0.3) is 0 Å². The maximum absolute atomic E-state index is 13.3. The van der Waals surface area contributed by atoms with E-state index in [1.165, 1.54) is 12.1 Å². The number of aliphatic imine (C=N–C) groups is 1. The lowest BCUT2D eigenvalue weighted by molar-refractivity contribution is 0.629. The number of aromatic nitrogens is 2. The SMILES string of the molecule is CN=C(NCCc1c[nH]c2cc(F)ccc12)NCc1csc(N(C)C)n1.I. The van der Waals surface area contributed by atoms with Crippen molar-refractivity contribution >= 4 is 57.3 Å². The van der Waals surface area contributed by atoms with E-state index < -0.39 is 0 Å². The third-order valence-corrected chi connectivity index (χ3v) is 5.06. The summed E-state index contributed by atoms with van der Waals surface area (Å²) in [5.41, 5.74) is 2.96. The zero-order valence-electron chi connectivity index (χ0n) is 15.5. The average molecular weight is 502 g/mol. The predicted molar refractivity (Wildman–Crippen MR) is 122 cm³/mol. The molecule has 0 spiro atoms. The van der Waals surface area contributed by atoms with Crippen LogP contribution in [0.4, 0.5) is 9.52 Å². The Balaban J connectivity index is 0.00000261. The first kappa shape index (κ1) is 21.4. The molecule has 0 aliphatic carbocycles. The number of aromatic amines is 1. The second-order valence-electron chi connectivity index (χ2n) is 6.12. The van der Waals surface area contributed by atoms with Crippen LogP contribution in [-0.4, -0.2) is 43.6 Å². The quantitative estimate of drug-likeness (QED) is 0.275. The summed E-state index contributed by atoms with van der Waals surface area (Å²) in [6.07, 6.45) is 2.74. The van der Waals surface area contributed by atoms with Gasteiger partial charge in [0.2, 0.25) is 0 Å². The average Bonchev–Trinajstić information content (AvgIpc) is 3.25. The van der Waals surface area contributed by atoms with Gasteiger partial charge in [-0.05, 0) is 30.2 Å². The van der Waals surface area contributed by atoms with Crippen LogP contribution < -0.4 is 15.5 Å². The summed E-state index contributed by atoms with van der Waals surface area (Å²) < 4.78 is 13.3. The minimum atomic E-state index is -0.229. The van der Waals surface area contributed by atoms with Gasteiger partial charge in [-0.1, -0.05) is 0 Å². The first-order valence-electron chi connectivity index (χ1n) is 8.38. The molecule has 3 aromatic rings. The highest BCUT2D eigenvalue weighted by Gasteiger charge is 2.07. The molecular weight excluding hydrogens is 478 g/mol. The molecule has 3 N–H and O–H groups in total. The molecule has 1 aromatic carbocycles. The van der Waals surface area contributed by atoms with Gasteiger partial charge < -0.3 is 20.5 Å². The van der Waals surface area contributed by atoms with E-state index in [1.807, 2.05) is 36.6 Å². The number of hydrogen-bond acceptors (Lipinski definition) is 4. The van der Waals surface area contributed by atoms with Gasteiger partial charge in [-0.25, -0.2) is 9.37 Å². The van der Waals surface area contributed by atoms with Crippen molar-refractivity contribution in [3.8, 4) is 0 Å². The Kier molecular flexibility index (Phi) is 7.84. The van der Waals surface area contributed by atoms with E-state index in [2.05, 4.69) is 25.6 Å². The lowest BCUT2D eigenvalue weighted by Crippen LogP contribution is -2.37. The van der Waals surface area contributed by atoms with Crippen molar-refractivity contribution in [1.29, 1.82) is 0 Å². The van der Waals surface area contributed by atoms with Gasteiger partial charge in [-0.15, -0.1) is 35.3 Å². The van der Waals surface area contributed by atoms with Crippen LogP contribution in [0.3, 0.4) is 0 Å². The van der Waals surface area contributed by atoms with Crippen LogP contribution in [0.25, 0.3) is 10.9 Å². The maximum Gasteiger partial charge on any atom is 0.191 e. The molecule has 6 nitrogen and oxygen atoms in total. The molecule has 2 heterocycles.